The maximum Gasteiger partial charge on any atom is 0.0363 e. The number of anilines is 1. The van der Waals surface area contributed by atoms with Gasteiger partial charge in [-0.2, -0.15) is 0 Å². The van der Waals surface area contributed by atoms with Crippen LogP contribution in [0.1, 0.15) is 39.7 Å². The van der Waals surface area contributed by atoms with Crippen molar-refractivity contribution < 1.29 is 0 Å². The van der Waals surface area contributed by atoms with Gasteiger partial charge in [0.1, 0.15) is 0 Å². The zero-order chi connectivity index (χ0) is 14.5. The van der Waals surface area contributed by atoms with Gasteiger partial charge >= 0.3 is 0 Å². The molecule has 0 aromatic heterocycles. The summed E-state index contributed by atoms with van der Waals surface area (Å²) in [5, 5.41) is 0. The van der Waals surface area contributed by atoms with E-state index in [4.69, 9.17) is 5.73 Å². The van der Waals surface area contributed by atoms with Crippen LogP contribution >= 0.6 is 0 Å². The number of hydrogen-bond acceptors (Lipinski definition) is 2. The number of nitrogens with zero attached hydrogens (tertiary/aromatic N) is 1. The minimum Gasteiger partial charge on any atom is -0.374 e. The summed E-state index contributed by atoms with van der Waals surface area (Å²) in [5.41, 5.74) is 8.94. The first-order chi connectivity index (χ1) is 8.85. The highest BCUT2D eigenvalue weighted by molar-refractivity contribution is 5.46. The molecule has 1 atom stereocenters. The van der Waals surface area contributed by atoms with Gasteiger partial charge < -0.3 is 10.6 Å². The van der Waals surface area contributed by atoms with Crippen molar-refractivity contribution in [3.63, 3.8) is 0 Å². The monoisotopic (exact) mass is 262 g/mol. The van der Waals surface area contributed by atoms with Crippen LogP contribution in [0, 0.1) is 11.3 Å². The van der Waals surface area contributed by atoms with Gasteiger partial charge in [0.15, 0.2) is 0 Å². The van der Waals surface area contributed by atoms with Crippen LogP contribution in [0.25, 0.3) is 0 Å². The van der Waals surface area contributed by atoms with Crippen LogP contribution in [-0.4, -0.2) is 20.1 Å². The number of hydrogen-bond donors (Lipinski definition) is 1. The number of benzene rings is 1. The van der Waals surface area contributed by atoms with Crippen LogP contribution in [-0.2, 0) is 6.42 Å². The average Bonchev–Trinajstić information content (AvgIpc) is 2.36. The quantitative estimate of drug-likeness (QED) is 0.847. The van der Waals surface area contributed by atoms with E-state index in [1.807, 2.05) is 0 Å². The van der Waals surface area contributed by atoms with E-state index in [-0.39, 0.29) is 0 Å². The third kappa shape index (κ3) is 5.65. The standard InChI is InChI=1S/C17H30N2/c1-6-14-7-9-16(10-8-14)19(5)13-15(12-18)11-17(2,3)4/h7-10,15H,6,11-13,18H2,1-5H3. The molecular formula is C17H30N2. The Kier molecular flexibility index (Phi) is 5.86. The fourth-order valence-corrected chi connectivity index (χ4v) is 2.57. The Hall–Kier alpha value is -1.02. The van der Waals surface area contributed by atoms with E-state index in [0.717, 1.165) is 19.5 Å². The molecule has 0 fully saturated rings. The van der Waals surface area contributed by atoms with Gasteiger partial charge in [-0.1, -0.05) is 39.8 Å². The molecule has 1 unspecified atom stereocenters. The molecule has 0 radical (unpaired) electrons. The molecule has 2 heteroatoms. The fourth-order valence-electron chi connectivity index (χ4n) is 2.57. The van der Waals surface area contributed by atoms with E-state index in [1.165, 1.54) is 17.7 Å². The molecule has 0 aliphatic carbocycles. The van der Waals surface area contributed by atoms with Crippen LogP contribution in [0.15, 0.2) is 24.3 Å². The molecule has 108 valence electrons. The van der Waals surface area contributed by atoms with Crippen molar-refractivity contribution in [3.8, 4) is 0 Å². The highest BCUT2D eigenvalue weighted by atomic mass is 15.1. The van der Waals surface area contributed by atoms with Crippen molar-refractivity contribution >= 4 is 5.69 Å². The van der Waals surface area contributed by atoms with Gasteiger partial charge in [0.25, 0.3) is 0 Å². The number of rotatable bonds is 6. The Morgan fingerprint density at radius 3 is 2.16 bits per heavy atom. The second-order valence-electron chi connectivity index (χ2n) is 6.77. The highest BCUT2D eigenvalue weighted by Gasteiger charge is 2.19. The third-order valence-corrected chi connectivity index (χ3v) is 3.55. The predicted molar refractivity (Wildman–Crippen MR) is 85.7 cm³/mol. The first kappa shape index (κ1) is 16.0. The summed E-state index contributed by atoms with van der Waals surface area (Å²) in [4.78, 5) is 2.32. The summed E-state index contributed by atoms with van der Waals surface area (Å²) in [6, 6.07) is 8.85. The van der Waals surface area contributed by atoms with Crippen LogP contribution in [0.4, 0.5) is 5.69 Å². The summed E-state index contributed by atoms with van der Waals surface area (Å²) >= 11 is 0. The smallest absolute Gasteiger partial charge is 0.0363 e. The molecule has 19 heavy (non-hydrogen) atoms. The zero-order valence-corrected chi connectivity index (χ0v) is 13.2. The summed E-state index contributed by atoms with van der Waals surface area (Å²) in [5.74, 6) is 0.552. The molecule has 2 nitrogen and oxygen atoms in total. The number of aryl methyl sites for hydroxylation is 1. The largest absolute Gasteiger partial charge is 0.374 e. The van der Waals surface area contributed by atoms with Gasteiger partial charge in [-0.25, -0.2) is 0 Å². The molecule has 1 aromatic carbocycles. The van der Waals surface area contributed by atoms with Gasteiger partial charge in [-0.05, 0) is 48.4 Å². The maximum atomic E-state index is 5.93. The van der Waals surface area contributed by atoms with Crippen LogP contribution < -0.4 is 10.6 Å². The lowest BCUT2D eigenvalue weighted by atomic mass is 9.84. The Bertz CT molecular complexity index is 362. The van der Waals surface area contributed by atoms with Crippen LogP contribution in [0.3, 0.4) is 0 Å². The fraction of sp³-hybridized carbons (Fsp3) is 0.647. The van der Waals surface area contributed by atoms with Crippen molar-refractivity contribution in [3.05, 3.63) is 29.8 Å². The Labute approximate surface area is 119 Å². The molecule has 0 bridgehead atoms. The Morgan fingerprint density at radius 1 is 1.16 bits per heavy atom. The van der Waals surface area contributed by atoms with E-state index in [0.29, 0.717) is 11.3 Å². The van der Waals surface area contributed by atoms with Gasteiger partial charge in [0, 0.05) is 19.3 Å². The van der Waals surface area contributed by atoms with Gasteiger partial charge in [0.05, 0.1) is 0 Å². The topological polar surface area (TPSA) is 29.3 Å². The lowest BCUT2D eigenvalue weighted by molar-refractivity contribution is 0.300. The summed E-state index contributed by atoms with van der Waals surface area (Å²) < 4.78 is 0. The van der Waals surface area contributed by atoms with Crippen molar-refractivity contribution in [1.82, 2.24) is 0 Å². The van der Waals surface area contributed by atoms with Crippen LogP contribution in [0.5, 0.6) is 0 Å². The van der Waals surface area contributed by atoms with Crippen LogP contribution in [0.2, 0.25) is 0 Å². The first-order valence-electron chi connectivity index (χ1n) is 7.36. The third-order valence-electron chi connectivity index (χ3n) is 3.55. The lowest BCUT2D eigenvalue weighted by Crippen LogP contribution is -2.32. The molecule has 0 saturated heterocycles. The molecule has 1 rings (SSSR count). The molecule has 0 saturated carbocycles. The van der Waals surface area contributed by atoms with Gasteiger partial charge in [-0.15, -0.1) is 0 Å². The second kappa shape index (κ2) is 6.95. The average molecular weight is 262 g/mol. The predicted octanol–water partition coefficient (Wildman–Crippen LogP) is 3.70. The van der Waals surface area contributed by atoms with Crippen molar-refractivity contribution in [2.45, 2.75) is 40.5 Å². The molecule has 0 aliphatic rings. The first-order valence-corrected chi connectivity index (χ1v) is 7.36. The molecule has 0 spiro atoms. The lowest BCUT2D eigenvalue weighted by Gasteiger charge is -2.30. The normalized spacial score (nSPS) is 13.4. The zero-order valence-electron chi connectivity index (χ0n) is 13.2. The second-order valence-corrected chi connectivity index (χ2v) is 6.77. The van der Waals surface area contributed by atoms with Gasteiger partial charge in [-0.3, -0.25) is 0 Å². The van der Waals surface area contributed by atoms with Crippen molar-refractivity contribution in [2.24, 2.45) is 17.1 Å². The van der Waals surface area contributed by atoms with E-state index in [9.17, 15) is 0 Å². The highest BCUT2D eigenvalue weighted by Crippen LogP contribution is 2.25. The molecular weight excluding hydrogens is 232 g/mol. The van der Waals surface area contributed by atoms with E-state index >= 15 is 0 Å². The molecule has 1 aromatic rings. The minimum atomic E-state index is 0.344. The van der Waals surface area contributed by atoms with E-state index in [1.54, 1.807) is 0 Å². The van der Waals surface area contributed by atoms with E-state index < -0.39 is 0 Å². The molecule has 0 heterocycles. The minimum absolute atomic E-state index is 0.344. The maximum absolute atomic E-state index is 5.93. The molecule has 2 N–H and O–H groups in total. The summed E-state index contributed by atoms with van der Waals surface area (Å²) in [6.07, 6.45) is 2.26. The van der Waals surface area contributed by atoms with Crippen molar-refractivity contribution in [2.75, 3.05) is 25.0 Å². The molecule has 0 amide bonds. The Morgan fingerprint density at radius 2 is 1.74 bits per heavy atom. The van der Waals surface area contributed by atoms with Crippen molar-refractivity contribution in [1.29, 1.82) is 0 Å². The summed E-state index contributed by atoms with van der Waals surface area (Å²) in [7, 11) is 2.16. The summed E-state index contributed by atoms with van der Waals surface area (Å²) in [6.45, 7) is 10.8. The SMILES string of the molecule is CCc1ccc(N(C)CC(CN)CC(C)(C)C)cc1. The molecule has 0 aliphatic heterocycles. The number of nitrogens with two attached hydrogens (primary N) is 1. The van der Waals surface area contributed by atoms with E-state index in [2.05, 4.69) is 63.9 Å². The Balaban J connectivity index is 2.63. The van der Waals surface area contributed by atoms with Gasteiger partial charge in [0.2, 0.25) is 0 Å².